The number of nitrogens with zero attached hydrogens (tertiary/aromatic N) is 3. The number of carboxylic acids is 1. The van der Waals surface area contributed by atoms with E-state index in [9.17, 15) is 4.79 Å². The Bertz CT molecular complexity index is 822. The molecule has 0 bridgehead atoms. The van der Waals surface area contributed by atoms with Gasteiger partial charge in [-0.15, -0.1) is 11.3 Å². The molecule has 1 N–H and O–H groups in total. The van der Waals surface area contributed by atoms with E-state index >= 15 is 0 Å². The molecule has 0 fully saturated rings. The molecule has 0 unspecified atom stereocenters. The minimum absolute atomic E-state index is 0.0239. The first-order valence-corrected chi connectivity index (χ1v) is 8.64. The Morgan fingerprint density at radius 1 is 1.30 bits per heavy atom. The number of carbonyl (C=O) groups is 1. The molecule has 5 nitrogen and oxygen atoms in total. The largest absolute Gasteiger partial charge is 0.481 e. The molecule has 23 heavy (non-hydrogen) atoms. The fraction of sp³-hybridized carbons (Fsp3) is 0.353. The number of hydrogen-bond acceptors (Lipinski definition) is 4. The summed E-state index contributed by atoms with van der Waals surface area (Å²) >= 11 is 1.51. The second-order valence-corrected chi connectivity index (χ2v) is 6.45. The molecule has 120 valence electrons. The summed E-state index contributed by atoms with van der Waals surface area (Å²) in [5.41, 5.74) is 2.73. The van der Waals surface area contributed by atoms with Gasteiger partial charge < -0.3 is 9.67 Å². The molecule has 1 aromatic carbocycles. The molecule has 0 aliphatic carbocycles. The van der Waals surface area contributed by atoms with Gasteiger partial charge in [0.25, 0.3) is 0 Å². The van der Waals surface area contributed by atoms with E-state index in [1.165, 1.54) is 11.3 Å². The Hall–Kier alpha value is -2.21. The van der Waals surface area contributed by atoms with Gasteiger partial charge in [-0.3, -0.25) is 4.79 Å². The molecular weight excluding hydrogens is 310 g/mol. The molecule has 0 spiro atoms. The molecule has 0 aliphatic rings. The number of imidazole rings is 1. The zero-order chi connectivity index (χ0) is 16.2. The highest BCUT2D eigenvalue weighted by Crippen LogP contribution is 2.21. The van der Waals surface area contributed by atoms with E-state index in [1.807, 2.05) is 23.6 Å². The number of benzene rings is 1. The van der Waals surface area contributed by atoms with Crippen molar-refractivity contribution >= 4 is 28.3 Å². The second-order valence-electron chi connectivity index (χ2n) is 5.51. The SMILES string of the molecule is CCCCc1nc2ccccc2n1Cc1nc(CC(=O)O)cs1. The summed E-state index contributed by atoms with van der Waals surface area (Å²) in [6, 6.07) is 8.11. The normalized spacial score (nSPS) is 11.2. The van der Waals surface area contributed by atoms with Crippen molar-refractivity contribution < 1.29 is 9.90 Å². The standard InChI is InChI=1S/C17H19N3O2S/c1-2-3-8-15-19-13-6-4-5-7-14(13)20(15)10-16-18-12(11-23-16)9-17(21)22/h4-7,11H,2-3,8-10H2,1H3,(H,21,22). The summed E-state index contributed by atoms with van der Waals surface area (Å²) in [7, 11) is 0. The Balaban J connectivity index is 1.91. The van der Waals surface area contributed by atoms with Crippen LogP contribution in [0, 0.1) is 0 Å². The number of thiazole rings is 1. The molecule has 0 amide bonds. The third-order valence-corrected chi connectivity index (χ3v) is 4.59. The van der Waals surface area contributed by atoms with Crippen LogP contribution in [0.3, 0.4) is 0 Å². The lowest BCUT2D eigenvalue weighted by Gasteiger charge is -2.07. The highest BCUT2D eigenvalue weighted by molar-refractivity contribution is 7.09. The average molecular weight is 329 g/mol. The molecule has 0 aliphatic heterocycles. The molecule has 2 aromatic heterocycles. The fourth-order valence-electron chi connectivity index (χ4n) is 2.62. The lowest BCUT2D eigenvalue weighted by Crippen LogP contribution is -2.06. The van der Waals surface area contributed by atoms with Crippen LogP contribution < -0.4 is 0 Å². The van der Waals surface area contributed by atoms with Crippen LogP contribution >= 0.6 is 11.3 Å². The molecule has 2 heterocycles. The van der Waals surface area contributed by atoms with Crippen molar-refractivity contribution in [3.05, 3.63) is 46.2 Å². The van der Waals surface area contributed by atoms with Crippen LogP contribution in [0.15, 0.2) is 29.6 Å². The van der Waals surface area contributed by atoms with Crippen LogP contribution in [0.5, 0.6) is 0 Å². The molecule has 0 saturated heterocycles. The van der Waals surface area contributed by atoms with Crippen molar-refractivity contribution in [2.45, 2.75) is 39.2 Å². The van der Waals surface area contributed by atoms with Crippen LogP contribution in [0.25, 0.3) is 11.0 Å². The molecule has 6 heteroatoms. The van der Waals surface area contributed by atoms with Crippen LogP contribution in [-0.4, -0.2) is 25.6 Å². The minimum Gasteiger partial charge on any atom is -0.481 e. The summed E-state index contributed by atoms with van der Waals surface area (Å²) in [6.45, 7) is 2.82. The summed E-state index contributed by atoms with van der Waals surface area (Å²) in [5, 5.41) is 11.6. The zero-order valence-electron chi connectivity index (χ0n) is 13.0. The van der Waals surface area contributed by atoms with Crippen molar-refractivity contribution in [3.8, 4) is 0 Å². The highest BCUT2D eigenvalue weighted by Gasteiger charge is 2.13. The quantitative estimate of drug-likeness (QED) is 0.720. The van der Waals surface area contributed by atoms with Crippen LogP contribution in [0.2, 0.25) is 0 Å². The second kappa shape index (κ2) is 6.91. The number of fused-ring (bicyclic) bond motifs is 1. The van der Waals surface area contributed by atoms with Crippen LogP contribution in [-0.2, 0) is 24.2 Å². The van der Waals surface area contributed by atoms with Gasteiger partial charge in [-0.25, -0.2) is 9.97 Å². The van der Waals surface area contributed by atoms with Crippen molar-refractivity contribution in [1.29, 1.82) is 0 Å². The van der Waals surface area contributed by atoms with Crippen LogP contribution in [0.1, 0.15) is 36.3 Å². The average Bonchev–Trinajstić information content (AvgIpc) is 3.10. The minimum atomic E-state index is -0.849. The Morgan fingerprint density at radius 3 is 2.91 bits per heavy atom. The van der Waals surface area contributed by atoms with Gasteiger partial charge in [0.15, 0.2) is 0 Å². The Morgan fingerprint density at radius 2 is 2.13 bits per heavy atom. The van der Waals surface area contributed by atoms with E-state index in [-0.39, 0.29) is 6.42 Å². The fourth-order valence-corrected chi connectivity index (χ4v) is 3.40. The molecule has 0 saturated carbocycles. The number of carboxylic acid groups (broad SMARTS) is 1. The van der Waals surface area contributed by atoms with Crippen LogP contribution in [0.4, 0.5) is 0 Å². The number of aliphatic carboxylic acids is 1. The first-order chi connectivity index (χ1) is 11.2. The van der Waals surface area contributed by atoms with Gasteiger partial charge in [-0.2, -0.15) is 0 Å². The number of unbranched alkanes of at least 4 members (excludes halogenated alkanes) is 1. The van der Waals surface area contributed by atoms with Gasteiger partial charge >= 0.3 is 5.97 Å². The number of aromatic nitrogens is 3. The van der Waals surface area contributed by atoms with Gasteiger partial charge in [-0.1, -0.05) is 25.5 Å². The van der Waals surface area contributed by atoms with Crippen molar-refractivity contribution in [1.82, 2.24) is 14.5 Å². The maximum atomic E-state index is 10.8. The van der Waals surface area contributed by atoms with Crippen molar-refractivity contribution in [2.24, 2.45) is 0 Å². The topological polar surface area (TPSA) is 68.0 Å². The van der Waals surface area contributed by atoms with Gasteiger partial charge in [0.2, 0.25) is 0 Å². The molecular formula is C17H19N3O2S. The van der Waals surface area contributed by atoms with Gasteiger partial charge in [0.05, 0.1) is 29.7 Å². The molecule has 3 aromatic rings. The van der Waals surface area contributed by atoms with Crippen molar-refractivity contribution in [2.75, 3.05) is 0 Å². The predicted molar refractivity (Wildman–Crippen MR) is 90.9 cm³/mol. The summed E-state index contributed by atoms with van der Waals surface area (Å²) in [4.78, 5) is 20.0. The Kier molecular flexibility index (Phi) is 4.71. The molecule has 0 atom stereocenters. The van der Waals surface area contributed by atoms with E-state index in [2.05, 4.69) is 22.5 Å². The summed E-state index contributed by atoms with van der Waals surface area (Å²) in [6.07, 6.45) is 3.15. The highest BCUT2D eigenvalue weighted by atomic mass is 32.1. The number of rotatable bonds is 7. The maximum absolute atomic E-state index is 10.8. The third-order valence-electron chi connectivity index (χ3n) is 3.71. The number of aryl methyl sites for hydroxylation is 1. The first kappa shape index (κ1) is 15.7. The number of para-hydroxylation sites is 2. The lowest BCUT2D eigenvalue weighted by molar-refractivity contribution is -0.136. The molecule has 3 rings (SSSR count). The van der Waals surface area contributed by atoms with Gasteiger partial charge in [0, 0.05) is 11.8 Å². The van der Waals surface area contributed by atoms with E-state index in [1.54, 1.807) is 0 Å². The smallest absolute Gasteiger partial charge is 0.309 e. The first-order valence-electron chi connectivity index (χ1n) is 7.76. The van der Waals surface area contributed by atoms with Gasteiger partial charge in [-0.05, 0) is 18.6 Å². The maximum Gasteiger partial charge on any atom is 0.309 e. The zero-order valence-corrected chi connectivity index (χ0v) is 13.8. The lowest BCUT2D eigenvalue weighted by atomic mass is 10.2. The summed E-state index contributed by atoms with van der Waals surface area (Å²) < 4.78 is 2.20. The van der Waals surface area contributed by atoms with E-state index < -0.39 is 5.97 Å². The van der Waals surface area contributed by atoms with Crippen molar-refractivity contribution in [3.63, 3.8) is 0 Å². The van der Waals surface area contributed by atoms with E-state index in [0.717, 1.165) is 41.1 Å². The monoisotopic (exact) mass is 329 g/mol. The van der Waals surface area contributed by atoms with E-state index in [0.29, 0.717) is 12.2 Å². The summed E-state index contributed by atoms with van der Waals surface area (Å²) in [5.74, 6) is 0.224. The molecule has 0 radical (unpaired) electrons. The van der Waals surface area contributed by atoms with E-state index in [4.69, 9.17) is 10.1 Å². The number of hydrogen-bond donors (Lipinski definition) is 1. The Labute approximate surface area is 138 Å². The predicted octanol–water partition coefficient (Wildman–Crippen LogP) is 3.51. The van der Waals surface area contributed by atoms with Gasteiger partial charge in [0.1, 0.15) is 10.8 Å². The third kappa shape index (κ3) is 3.59.